The van der Waals surface area contributed by atoms with E-state index in [4.69, 9.17) is 14.0 Å². The van der Waals surface area contributed by atoms with E-state index in [2.05, 4.69) is 10.1 Å². The van der Waals surface area contributed by atoms with Crippen molar-refractivity contribution in [1.29, 1.82) is 0 Å². The van der Waals surface area contributed by atoms with E-state index >= 15 is 0 Å². The summed E-state index contributed by atoms with van der Waals surface area (Å²) in [5.74, 6) is -0.812. The maximum absolute atomic E-state index is 13.3. The van der Waals surface area contributed by atoms with E-state index in [-0.39, 0.29) is 17.1 Å². The number of esters is 1. The van der Waals surface area contributed by atoms with Crippen LogP contribution in [0.5, 0.6) is 5.75 Å². The molecule has 2 heterocycles. The number of carbonyl (C=O) groups excluding carboxylic acids is 2. The fraction of sp³-hybridized carbons (Fsp3) is 0.167. The summed E-state index contributed by atoms with van der Waals surface area (Å²) in [7, 11) is 0. The molecule has 4 aromatic rings. The molecule has 0 aliphatic carbocycles. The number of ether oxygens (including phenoxy) is 2. The Kier molecular flexibility index (Phi) is 5.93. The van der Waals surface area contributed by atoms with Gasteiger partial charge in [-0.15, -0.1) is 0 Å². The molecular weight excluding hydrogens is 415 g/mol. The number of rotatable bonds is 7. The Bertz CT molecular complexity index is 1280. The van der Waals surface area contributed by atoms with Gasteiger partial charge in [0.15, 0.2) is 12.4 Å². The van der Waals surface area contributed by atoms with Crippen LogP contribution in [0.2, 0.25) is 0 Å². The summed E-state index contributed by atoms with van der Waals surface area (Å²) in [4.78, 5) is 29.7. The average Bonchev–Trinajstić information content (AvgIpc) is 3.18. The van der Waals surface area contributed by atoms with Gasteiger partial charge in [0.25, 0.3) is 5.71 Å². The van der Waals surface area contributed by atoms with E-state index in [0.717, 1.165) is 0 Å². The molecule has 0 bridgehead atoms. The van der Waals surface area contributed by atoms with Crippen molar-refractivity contribution in [2.24, 2.45) is 0 Å². The highest BCUT2D eigenvalue weighted by atomic mass is 19.1. The van der Waals surface area contributed by atoms with Crippen molar-refractivity contribution in [3.05, 3.63) is 77.2 Å². The first kappa shape index (κ1) is 21.2. The molecule has 0 aliphatic heterocycles. The van der Waals surface area contributed by atoms with Gasteiger partial charge in [0.05, 0.1) is 28.9 Å². The first-order valence-corrected chi connectivity index (χ1v) is 9.92. The summed E-state index contributed by atoms with van der Waals surface area (Å²) >= 11 is 0. The average molecular weight is 434 g/mol. The molecule has 0 spiro atoms. The van der Waals surface area contributed by atoms with Gasteiger partial charge in [-0.3, -0.25) is 4.79 Å². The quantitative estimate of drug-likeness (QED) is 0.305. The SMILES string of the molecule is CCOc1ccc(C(=O)COC(=O)c2cc(-c3ccc(F)cc3)nc3onc(C)c23)cc1. The Hall–Kier alpha value is -4.07. The van der Waals surface area contributed by atoms with Crippen LogP contribution in [0.1, 0.15) is 33.3 Å². The Morgan fingerprint density at radius 1 is 1.06 bits per heavy atom. The van der Waals surface area contributed by atoms with Crippen molar-refractivity contribution in [2.45, 2.75) is 13.8 Å². The molecule has 7 nitrogen and oxygen atoms in total. The normalized spacial score (nSPS) is 10.8. The molecule has 0 aliphatic rings. The highest BCUT2D eigenvalue weighted by Gasteiger charge is 2.21. The zero-order chi connectivity index (χ0) is 22.7. The third-order valence-electron chi connectivity index (χ3n) is 4.80. The van der Waals surface area contributed by atoms with Crippen LogP contribution in [0.3, 0.4) is 0 Å². The van der Waals surface area contributed by atoms with Crippen LogP contribution in [-0.4, -0.2) is 35.1 Å². The van der Waals surface area contributed by atoms with E-state index in [9.17, 15) is 14.0 Å². The number of benzene rings is 2. The molecule has 0 radical (unpaired) electrons. The lowest BCUT2D eigenvalue weighted by Gasteiger charge is -2.08. The van der Waals surface area contributed by atoms with Gasteiger partial charge < -0.3 is 14.0 Å². The number of aromatic nitrogens is 2. The van der Waals surface area contributed by atoms with E-state index < -0.39 is 18.4 Å². The van der Waals surface area contributed by atoms with Gasteiger partial charge in [-0.25, -0.2) is 14.2 Å². The smallest absolute Gasteiger partial charge is 0.339 e. The molecule has 0 unspecified atom stereocenters. The zero-order valence-corrected chi connectivity index (χ0v) is 17.4. The number of halogens is 1. The molecule has 0 fully saturated rings. The number of nitrogens with zero attached hydrogens (tertiary/aromatic N) is 2. The van der Waals surface area contributed by atoms with Crippen LogP contribution in [0, 0.1) is 12.7 Å². The van der Waals surface area contributed by atoms with Gasteiger partial charge in [-0.1, -0.05) is 5.16 Å². The molecule has 8 heteroatoms. The minimum atomic E-state index is -0.716. The monoisotopic (exact) mass is 434 g/mol. The van der Waals surface area contributed by atoms with Gasteiger partial charge in [0, 0.05) is 11.1 Å². The number of fused-ring (bicyclic) bond motifs is 1. The molecule has 0 saturated heterocycles. The van der Waals surface area contributed by atoms with Gasteiger partial charge >= 0.3 is 5.97 Å². The topological polar surface area (TPSA) is 91.5 Å². The molecule has 32 heavy (non-hydrogen) atoms. The van der Waals surface area contributed by atoms with Gasteiger partial charge in [-0.05, 0) is 68.4 Å². The summed E-state index contributed by atoms with van der Waals surface area (Å²) in [6.45, 7) is 3.63. The number of pyridine rings is 1. The fourth-order valence-corrected chi connectivity index (χ4v) is 3.22. The van der Waals surface area contributed by atoms with Crippen LogP contribution < -0.4 is 4.74 Å². The number of carbonyl (C=O) groups is 2. The van der Waals surface area contributed by atoms with Crippen molar-refractivity contribution in [3.63, 3.8) is 0 Å². The van der Waals surface area contributed by atoms with Crippen molar-refractivity contribution in [3.8, 4) is 17.0 Å². The number of ketones is 1. The third-order valence-corrected chi connectivity index (χ3v) is 4.80. The maximum atomic E-state index is 13.3. The van der Waals surface area contributed by atoms with Gasteiger partial charge in [-0.2, -0.15) is 0 Å². The molecule has 0 N–H and O–H groups in total. The Morgan fingerprint density at radius 3 is 2.47 bits per heavy atom. The molecule has 0 amide bonds. The highest BCUT2D eigenvalue weighted by Crippen LogP contribution is 2.27. The lowest BCUT2D eigenvalue weighted by Crippen LogP contribution is -2.15. The molecule has 2 aromatic carbocycles. The number of aryl methyl sites for hydroxylation is 1. The largest absolute Gasteiger partial charge is 0.494 e. The fourth-order valence-electron chi connectivity index (χ4n) is 3.22. The second kappa shape index (κ2) is 8.97. The Labute approximate surface area is 182 Å². The van der Waals surface area contributed by atoms with E-state index in [0.29, 0.717) is 40.3 Å². The molecule has 162 valence electrons. The first-order chi connectivity index (χ1) is 15.5. The van der Waals surface area contributed by atoms with Crippen LogP contribution in [-0.2, 0) is 4.74 Å². The molecule has 0 atom stereocenters. The minimum absolute atomic E-state index is 0.147. The first-order valence-electron chi connectivity index (χ1n) is 9.92. The summed E-state index contributed by atoms with van der Waals surface area (Å²) in [5, 5.41) is 4.27. The van der Waals surface area contributed by atoms with E-state index in [1.165, 1.54) is 30.3 Å². The predicted octanol–water partition coefficient (Wildman–Crippen LogP) is 4.78. The zero-order valence-electron chi connectivity index (χ0n) is 17.4. The Morgan fingerprint density at radius 2 is 1.78 bits per heavy atom. The second-order valence-electron chi connectivity index (χ2n) is 6.97. The predicted molar refractivity (Wildman–Crippen MR) is 114 cm³/mol. The van der Waals surface area contributed by atoms with Crippen molar-refractivity contribution in [1.82, 2.24) is 10.1 Å². The maximum Gasteiger partial charge on any atom is 0.339 e. The van der Waals surface area contributed by atoms with E-state index in [1.54, 1.807) is 31.2 Å². The second-order valence-corrected chi connectivity index (χ2v) is 6.97. The number of Topliss-reactive ketones (excluding diaryl/α,β-unsaturated/α-hetero) is 1. The van der Waals surface area contributed by atoms with Gasteiger partial charge in [0.1, 0.15) is 11.6 Å². The third kappa shape index (κ3) is 4.34. The molecular formula is C24H19FN2O5. The van der Waals surface area contributed by atoms with Crippen LogP contribution in [0.15, 0.2) is 59.1 Å². The molecule has 0 saturated carbocycles. The summed E-state index contributed by atoms with van der Waals surface area (Å²) in [5.41, 5.74) is 2.14. The van der Waals surface area contributed by atoms with Crippen LogP contribution in [0.25, 0.3) is 22.4 Å². The number of hydrogen-bond acceptors (Lipinski definition) is 7. The van der Waals surface area contributed by atoms with E-state index in [1.807, 2.05) is 6.92 Å². The minimum Gasteiger partial charge on any atom is -0.494 e. The highest BCUT2D eigenvalue weighted by molar-refractivity contribution is 6.06. The lowest BCUT2D eigenvalue weighted by molar-refractivity contribution is 0.0476. The van der Waals surface area contributed by atoms with Crippen molar-refractivity contribution >= 4 is 22.9 Å². The van der Waals surface area contributed by atoms with Crippen LogP contribution >= 0.6 is 0 Å². The molecule has 4 rings (SSSR count). The standard InChI is InChI=1S/C24H19FN2O5/c1-3-30-18-10-6-16(7-11-18)21(28)13-31-24(29)19-12-20(15-4-8-17(25)9-5-15)26-23-22(19)14(2)27-32-23/h4-12H,3,13H2,1-2H3. The van der Waals surface area contributed by atoms with Gasteiger partial charge in [0.2, 0.25) is 0 Å². The summed E-state index contributed by atoms with van der Waals surface area (Å²) < 4.78 is 29.2. The van der Waals surface area contributed by atoms with Crippen molar-refractivity contribution < 1.29 is 28.0 Å². The van der Waals surface area contributed by atoms with Crippen LogP contribution in [0.4, 0.5) is 4.39 Å². The van der Waals surface area contributed by atoms with Crippen molar-refractivity contribution in [2.75, 3.05) is 13.2 Å². The summed E-state index contributed by atoms with van der Waals surface area (Å²) in [6.07, 6.45) is 0. The summed E-state index contributed by atoms with van der Waals surface area (Å²) in [6, 6.07) is 13.8. The molecule has 2 aromatic heterocycles. The lowest BCUT2D eigenvalue weighted by atomic mass is 10.1. The Balaban J connectivity index is 1.57. The number of hydrogen-bond donors (Lipinski definition) is 0.